The minimum Gasteiger partial charge on any atom is -0.467 e. The molecule has 0 bridgehead atoms. The van der Waals surface area contributed by atoms with Crippen molar-refractivity contribution in [1.29, 1.82) is 0 Å². The van der Waals surface area contributed by atoms with Crippen molar-refractivity contribution in [2.24, 2.45) is 5.10 Å². The number of morpholine rings is 1. The zero-order valence-corrected chi connectivity index (χ0v) is 20.0. The summed E-state index contributed by atoms with van der Waals surface area (Å²) in [5, 5.41) is 8.86. The lowest BCUT2D eigenvalue weighted by molar-refractivity contribution is -0.134. The number of halogens is 1. The first-order chi connectivity index (χ1) is 17.0. The molecule has 1 aromatic heterocycles. The van der Waals surface area contributed by atoms with Gasteiger partial charge in [-0.2, -0.15) is 5.10 Å². The lowest BCUT2D eigenvalue weighted by Gasteiger charge is -2.30. The van der Waals surface area contributed by atoms with E-state index < -0.39 is 6.04 Å². The second-order valence-corrected chi connectivity index (χ2v) is 8.63. The topological polar surface area (TPSA) is 90.6 Å². The van der Waals surface area contributed by atoms with Crippen molar-refractivity contribution < 1.29 is 23.1 Å². The summed E-state index contributed by atoms with van der Waals surface area (Å²) in [7, 11) is 0. The van der Waals surface area contributed by atoms with Crippen LogP contribution in [0.25, 0.3) is 0 Å². The number of benzene rings is 1. The molecule has 9 nitrogen and oxygen atoms in total. The molecule has 1 aromatic carbocycles. The summed E-state index contributed by atoms with van der Waals surface area (Å²) in [6.07, 6.45) is 2.79. The highest BCUT2D eigenvalue weighted by atomic mass is 19.1. The number of rotatable bonds is 9. The van der Waals surface area contributed by atoms with Gasteiger partial charge < -0.3 is 19.4 Å². The standard InChI is InChI=1S/C25H32FN5O4/c1-2-9-27-25(33)30(11-10-29-12-15-34-16-13-29)18-24(32)31-22(23-4-3-14-35-23)17-21(28-31)19-5-7-20(26)8-6-19/h3-8,14,22H,2,9-13,15-18H2,1H3,(H,27,33). The van der Waals surface area contributed by atoms with Gasteiger partial charge in [0.2, 0.25) is 0 Å². The molecule has 35 heavy (non-hydrogen) atoms. The van der Waals surface area contributed by atoms with Crippen molar-refractivity contribution >= 4 is 17.6 Å². The predicted octanol–water partition coefficient (Wildman–Crippen LogP) is 2.85. The maximum absolute atomic E-state index is 13.5. The highest BCUT2D eigenvalue weighted by molar-refractivity contribution is 6.03. The van der Waals surface area contributed by atoms with Gasteiger partial charge in [-0.15, -0.1) is 0 Å². The molecule has 1 unspecified atom stereocenters. The molecule has 3 heterocycles. The summed E-state index contributed by atoms with van der Waals surface area (Å²) in [4.78, 5) is 30.1. The number of hydrogen-bond donors (Lipinski definition) is 1. The third-order valence-electron chi connectivity index (χ3n) is 6.14. The van der Waals surface area contributed by atoms with E-state index in [9.17, 15) is 14.0 Å². The second-order valence-electron chi connectivity index (χ2n) is 8.63. The van der Waals surface area contributed by atoms with Crippen molar-refractivity contribution in [2.75, 3.05) is 52.5 Å². The van der Waals surface area contributed by atoms with Crippen molar-refractivity contribution in [1.82, 2.24) is 20.1 Å². The van der Waals surface area contributed by atoms with E-state index in [1.165, 1.54) is 22.0 Å². The van der Waals surface area contributed by atoms with Gasteiger partial charge in [-0.1, -0.05) is 19.1 Å². The smallest absolute Gasteiger partial charge is 0.317 e. The average molecular weight is 486 g/mol. The zero-order chi connectivity index (χ0) is 24.6. The number of hydrogen-bond acceptors (Lipinski definition) is 6. The Morgan fingerprint density at radius 2 is 1.97 bits per heavy atom. The van der Waals surface area contributed by atoms with Crippen LogP contribution in [0.1, 0.15) is 37.1 Å². The number of amides is 3. The lowest BCUT2D eigenvalue weighted by Crippen LogP contribution is -2.49. The van der Waals surface area contributed by atoms with Crippen LogP contribution in [-0.4, -0.2) is 84.9 Å². The molecular weight excluding hydrogens is 453 g/mol. The van der Waals surface area contributed by atoms with Crippen molar-refractivity contribution in [3.63, 3.8) is 0 Å². The van der Waals surface area contributed by atoms with Crippen LogP contribution in [0.5, 0.6) is 0 Å². The summed E-state index contributed by atoms with van der Waals surface area (Å²) in [5.74, 6) is -0.0384. The van der Waals surface area contributed by atoms with Crippen LogP contribution in [0.15, 0.2) is 52.2 Å². The molecule has 3 amide bonds. The predicted molar refractivity (Wildman–Crippen MR) is 128 cm³/mol. The quantitative estimate of drug-likeness (QED) is 0.590. The number of nitrogens with one attached hydrogen (secondary N) is 1. The Morgan fingerprint density at radius 1 is 1.20 bits per heavy atom. The van der Waals surface area contributed by atoms with Gasteiger partial charge in [-0.05, 0) is 36.2 Å². The number of furan rings is 1. The molecule has 4 rings (SSSR count). The van der Waals surface area contributed by atoms with Crippen LogP contribution in [0.2, 0.25) is 0 Å². The highest BCUT2D eigenvalue weighted by Crippen LogP contribution is 2.33. The molecule has 1 N–H and O–H groups in total. The van der Waals surface area contributed by atoms with E-state index in [2.05, 4.69) is 15.3 Å². The molecule has 10 heteroatoms. The summed E-state index contributed by atoms with van der Waals surface area (Å²) in [6, 6.07) is 8.90. The Hall–Kier alpha value is -3.24. The molecule has 0 aliphatic carbocycles. The lowest BCUT2D eigenvalue weighted by atomic mass is 10.0. The van der Waals surface area contributed by atoms with Crippen LogP contribution >= 0.6 is 0 Å². The van der Waals surface area contributed by atoms with Gasteiger partial charge in [-0.25, -0.2) is 14.2 Å². The van der Waals surface area contributed by atoms with Gasteiger partial charge in [0.25, 0.3) is 5.91 Å². The minimum atomic E-state index is -0.433. The molecule has 0 spiro atoms. The van der Waals surface area contributed by atoms with Crippen LogP contribution in [0.4, 0.5) is 9.18 Å². The van der Waals surface area contributed by atoms with Crippen molar-refractivity contribution in [3.05, 3.63) is 59.8 Å². The van der Waals surface area contributed by atoms with Crippen molar-refractivity contribution in [2.45, 2.75) is 25.8 Å². The summed E-state index contributed by atoms with van der Waals surface area (Å²) < 4.78 is 24.4. The number of hydrazone groups is 1. The van der Waals surface area contributed by atoms with E-state index in [-0.39, 0.29) is 24.3 Å². The summed E-state index contributed by atoms with van der Waals surface area (Å²) in [6.45, 7) is 6.40. The molecule has 2 aliphatic rings. The van der Waals surface area contributed by atoms with Gasteiger partial charge in [-0.3, -0.25) is 9.69 Å². The zero-order valence-electron chi connectivity index (χ0n) is 20.0. The van der Waals surface area contributed by atoms with Gasteiger partial charge in [0.1, 0.15) is 24.2 Å². The number of urea groups is 1. The molecule has 1 atom stereocenters. The number of ether oxygens (including phenoxy) is 1. The monoisotopic (exact) mass is 485 g/mol. The number of carbonyl (C=O) groups is 2. The molecule has 1 fully saturated rings. The first kappa shape index (κ1) is 24.9. The largest absolute Gasteiger partial charge is 0.467 e. The molecule has 0 radical (unpaired) electrons. The van der Waals surface area contributed by atoms with E-state index in [0.29, 0.717) is 50.7 Å². The first-order valence-electron chi connectivity index (χ1n) is 12.1. The highest BCUT2D eigenvalue weighted by Gasteiger charge is 2.36. The van der Waals surface area contributed by atoms with Crippen LogP contribution in [0, 0.1) is 5.82 Å². The average Bonchev–Trinajstić information content (AvgIpc) is 3.56. The molecule has 0 saturated carbocycles. The SMILES string of the molecule is CCCNC(=O)N(CCN1CCOCC1)CC(=O)N1N=C(c2ccc(F)cc2)CC1c1ccco1. The number of nitrogens with zero attached hydrogens (tertiary/aromatic N) is 4. The molecule has 1 saturated heterocycles. The number of carbonyl (C=O) groups excluding carboxylic acids is 2. The van der Waals surface area contributed by atoms with E-state index in [1.807, 2.05) is 6.92 Å². The van der Waals surface area contributed by atoms with E-state index in [1.54, 1.807) is 30.5 Å². The normalized spacial score (nSPS) is 18.4. The van der Waals surface area contributed by atoms with Crippen LogP contribution in [0.3, 0.4) is 0 Å². The minimum absolute atomic E-state index is 0.114. The summed E-state index contributed by atoms with van der Waals surface area (Å²) in [5.41, 5.74) is 1.40. The second kappa shape index (κ2) is 11.9. The Bertz CT molecular complexity index is 1010. The van der Waals surface area contributed by atoms with E-state index in [4.69, 9.17) is 9.15 Å². The molecule has 2 aromatic rings. The molecular formula is C25H32FN5O4. The van der Waals surface area contributed by atoms with Gasteiger partial charge in [0.15, 0.2) is 0 Å². The Kier molecular flexibility index (Phi) is 8.49. The van der Waals surface area contributed by atoms with Gasteiger partial charge in [0, 0.05) is 39.1 Å². The van der Waals surface area contributed by atoms with Crippen molar-refractivity contribution in [3.8, 4) is 0 Å². The third-order valence-corrected chi connectivity index (χ3v) is 6.14. The fourth-order valence-corrected chi connectivity index (χ4v) is 4.18. The molecule has 2 aliphatic heterocycles. The summed E-state index contributed by atoms with van der Waals surface area (Å²) >= 11 is 0. The van der Waals surface area contributed by atoms with Gasteiger partial charge in [0.05, 0.1) is 25.2 Å². The van der Waals surface area contributed by atoms with Crippen LogP contribution in [-0.2, 0) is 9.53 Å². The van der Waals surface area contributed by atoms with Gasteiger partial charge >= 0.3 is 6.03 Å². The molecule has 188 valence electrons. The van der Waals surface area contributed by atoms with E-state index >= 15 is 0 Å². The van der Waals surface area contributed by atoms with E-state index in [0.717, 1.165) is 25.1 Å². The maximum atomic E-state index is 13.5. The maximum Gasteiger partial charge on any atom is 0.317 e. The fourth-order valence-electron chi connectivity index (χ4n) is 4.18. The first-order valence-corrected chi connectivity index (χ1v) is 12.1. The third kappa shape index (κ3) is 6.46. The fraction of sp³-hybridized carbons (Fsp3) is 0.480. The Balaban J connectivity index is 1.50. The van der Waals surface area contributed by atoms with Crippen LogP contribution < -0.4 is 5.32 Å². The Labute approximate surface area is 204 Å². The Morgan fingerprint density at radius 3 is 2.66 bits per heavy atom.